The van der Waals surface area contributed by atoms with Crippen LogP contribution in [0.2, 0.25) is 0 Å². The van der Waals surface area contributed by atoms with Crippen molar-refractivity contribution in [3.05, 3.63) is 94.4 Å². The zero-order valence-electron chi connectivity index (χ0n) is 16.7. The Morgan fingerprint density at radius 3 is 2.40 bits per heavy atom. The highest BCUT2D eigenvalue weighted by Gasteiger charge is 2.23. The SMILES string of the molecule is C[C@H](NC[C@@H](c1cccs1)c1c[nH]c2ccccc12)C(=O)c1c[nH]c2ccccc12. The number of thiophene rings is 1. The van der Waals surface area contributed by atoms with Crippen LogP contribution in [0.5, 0.6) is 0 Å². The van der Waals surface area contributed by atoms with Crippen LogP contribution in [0.25, 0.3) is 21.8 Å². The maximum Gasteiger partial charge on any atom is 0.181 e. The minimum atomic E-state index is -0.281. The van der Waals surface area contributed by atoms with Crippen molar-refractivity contribution in [2.75, 3.05) is 6.54 Å². The molecule has 5 rings (SSSR count). The number of rotatable bonds is 7. The van der Waals surface area contributed by atoms with Gasteiger partial charge in [0.05, 0.1) is 6.04 Å². The first-order valence-corrected chi connectivity index (χ1v) is 11.0. The van der Waals surface area contributed by atoms with Gasteiger partial charge in [-0.1, -0.05) is 42.5 Å². The summed E-state index contributed by atoms with van der Waals surface area (Å²) < 4.78 is 0. The number of hydrogen-bond acceptors (Lipinski definition) is 3. The van der Waals surface area contributed by atoms with Crippen molar-refractivity contribution in [3.63, 3.8) is 0 Å². The van der Waals surface area contributed by atoms with Crippen LogP contribution in [0.3, 0.4) is 0 Å². The van der Waals surface area contributed by atoms with E-state index in [1.165, 1.54) is 15.8 Å². The number of fused-ring (bicyclic) bond motifs is 2. The molecule has 150 valence electrons. The van der Waals surface area contributed by atoms with Gasteiger partial charge in [-0.05, 0) is 36.1 Å². The first-order valence-electron chi connectivity index (χ1n) is 10.2. The highest BCUT2D eigenvalue weighted by Crippen LogP contribution is 2.33. The summed E-state index contributed by atoms with van der Waals surface area (Å²) in [5.74, 6) is 0.288. The molecule has 2 aromatic carbocycles. The van der Waals surface area contributed by atoms with Gasteiger partial charge in [0.1, 0.15) is 0 Å². The third-order valence-corrected chi connectivity index (χ3v) is 6.75. The zero-order chi connectivity index (χ0) is 20.5. The maximum absolute atomic E-state index is 13.1. The Labute approximate surface area is 179 Å². The molecule has 0 aliphatic rings. The Morgan fingerprint density at radius 1 is 0.933 bits per heavy atom. The van der Waals surface area contributed by atoms with Gasteiger partial charge in [0.15, 0.2) is 5.78 Å². The predicted octanol–water partition coefficient (Wildman–Crippen LogP) is 5.70. The average Bonchev–Trinajstić information content (AvgIpc) is 3.53. The van der Waals surface area contributed by atoms with Crippen molar-refractivity contribution in [1.82, 2.24) is 15.3 Å². The third kappa shape index (κ3) is 3.36. The second-order valence-corrected chi connectivity index (χ2v) is 8.58. The Bertz CT molecular complexity index is 1300. The summed E-state index contributed by atoms with van der Waals surface area (Å²) in [5.41, 5.74) is 4.12. The van der Waals surface area contributed by atoms with E-state index in [0.717, 1.165) is 22.0 Å². The standard InChI is InChI=1S/C25H23N3OS/c1-16(25(29)21-15-28-23-10-5-3-8-18(21)23)26-14-20(24-11-6-12-30-24)19-13-27-22-9-4-2-7-17(19)22/h2-13,15-16,20,26-28H,14H2,1H3/t16-,20+/m0/s1. The molecule has 2 atom stereocenters. The molecule has 0 aliphatic heterocycles. The molecule has 3 aromatic heterocycles. The molecule has 0 aliphatic carbocycles. The van der Waals surface area contributed by atoms with Gasteiger partial charge in [-0.15, -0.1) is 11.3 Å². The van der Waals surface area contributed by atoms with Crippen molar-refractivity contribution >= 4 is 38.9 Å². The van der Waals surface area contributed by atoms with Crippen molar-refractivity contribution in [2.24, 2.45) is 0 Å². The second kappa shape index (κ2) is 7.94. The Balaban J connectivity index is 1.40. The summed E-state index contributed by atoms with van der Waals surface area (Å²) in [5, 5.41) is 7.82. The summed E-state index contributed by atoms with van der Waals surface area (Å²) in [4.78, 5) is 21.0. The zero-order valence-corrected chi connectivity index (χ0v) is 17.5. The van der Waals surface area contributed by atoms with Gasteiger partial charge in [0, 0.05) is 57.1 Å². The summed E-state index contributed by atoms with van der Waals surface area (Å²) in [6, 6.07) is 20.3. The first kappa shape index (κ1) is 18.9. The minimum Gasteiger partial charge on any atom is -0.361 e. The lowest BCUT2D eigenvalue weighted by atomic mass is 9.96. The molecule has 3 heterocycles. The number of aromatic amines is 2. The summed E-state index contributed by atoms with van der Waals surface area (Å²) in [6.45, 7) is 2.64. The van der Waals surface area contributed by atoms with Crippen LogP contribution in [0, 0.1) is 0 Å². The third-order valence-electron chi connectivity index (χ3n) is 5.76. The quantitative estimate of drug-likeness (QED) is 0.300. The molecule has 0 saturated heterocycles. The smallest absolute Gasteiger partial charge is 0.181 e. The maximum atomic E-state index is 13.1. The van der Waals surface area contributed by atoms with Crippen LogP contribution < -0.4 is 5.32 Å². The fourth-order valence-electron chi connectivity index (χ4n) is 4.13. The number of benzene rings is 2. The van der Waals surface area contributed by atoms with E-state index in [4.69, 9.17) is 0 Å². The number of nitrogens with one attached hydrogen (secondary N) is 3. The fourth-order valence-corrected chi connectivity index (χ4v) is 4.98. The van der Waals surface area contributed by atoms with E-state index in [1.54, 1.807) is 11.3 Å². The van der Waals surface area contributed by atoms with Gasteiger partial charge in [-0.3, -0.25) is 4.79 Å². The van der Waals surface area contributed by atoms with E-state index < -0.39 is 0 Å². The number of Topliss-reactive ketones (excluding diaryl/α,β-unsaturated/α-hetero) is 1. The molecular weight excluding hydrogens is 390 g/mol. The molecule has 0 fully saturated rings. The van der Waals surface area contributed by atoms with Crippen LogP contribution in [0.1, 0.15) is 33.6 Å². The number of H-pyrrole nitrogens is 2. The van der Waals surface area contributed by atoms with Crippen molar-refractivity contribution in [2.45, 2.75) is 18.9 Å². The van der Waals surface area contributed by atoms with Gasteiger partial charge >= 0.3 is 0 Å². The molecule has 3 N–H and O–H groups in total. The van der Waals surface area contributed by atoms with Gasteiger partial charge in [-0.25, -0.2) is 0 Å². The van der Waals surface area contributed by atoms with Crippen LogP contribution >= 0.6 is 11.3 Å². The molecule has 0 bridgehead atoms. The summed E-state index contributed by atoms with van der Waals surface area (Å²) in [6.07, 6.45) is 3.92. The fraction of sp³-hybridized carbons (Fsp3) is 0.160. The molecular formula is C25H23N3OS. The van der Waals surface area contributed by atoms with Crippen LogP contribution in [0.4, 0.5) is 0 Å². The normalized spacial score (nSPS) is 13.6. The van der Waals surface area contributed by atoms with E-state index in [0.29, 0.717) is 6.54 Å². The molecule has 0 unspecified atom stereocenters. The lowest BCUT2D eigenvalue weighted by Crippen LogP contribution is -2.36. The van der Waals surface area contributed by atoms with Crippen molar-refractivity contribution in [1.29, 1.82) is 0 Å². The first-order chi connectivity index (χ1) is 14.7. The van der Waals surface area contributed by atoms with Gasteiger partial charge in [-0.2, -0.15) is 0 Å². The molecule has 30 heavy (non-hydrogen) atoms. The Morgan fingerprint density at radius 2 is 1.63 bits per heavy atom. The second-order valence-electron chi connectivity index (χ2n) is 7.60. The van der Waals surface area contributed by atoms with E-state index in [1.807, 2.05) is 43.5 Å². The molecule has 0 radical (unpaired) electrons. The van der Waals surface area contributed by atoms with Crippen molar-refractivity contribution in [3.8, 4) is 0 Å². The molecule has 0 spiro atoms. The van der Waals surface area contributed by atoms with Crippen LogP contribution in [-0.2, 0) is 0 Å². The number of ketones is 1. The van der Waals surface area contributed by atoms with E-state index in [9.17, 15) is 4.79 Å². The predicted molar refractivity (Wildman–Crippen MR) is 125 cm³/mol. The molecule has 5 aromatic rings. The largest absolute Gasteiger partial charge is 0.361 e. The molecule has 0 amide bonds. The average molecular weight is 414 g/mol. The topological polar surface area (TPSA) is 60.7 Å². The van der Waals surface area contributed by atoms with Crippen LogP contribution in [-0.4, -0.2) is 28.3 Å². The molecule has 4 nitrogen and oxygen atoms in total. The Kier molecular flexibility index (Phi) is 4.99. The van der Waals surface area contributed by atoms with E-state index in [2.05, 4.69) is 57.2 Å². The van der Waals surface area contributed by atoms with Crippen molar-refractivity contribution < 1.29 is 4.79 Å². The molecule has 0 saturated carbocycles. The number of aromatic nitrogens is 2. The number of carbonyl (C=O) groups excluding carboxylic acids is 1. The van der Waals surface area contributed by atoms with Gasteiger partial charge in [0.25, 0.3) is 0 Å². The minimum absolute atomic E-state index is 0.108. The number of para-hydroxylation sites is 2. The highest BCUT2D eigenvalue weighted by atomic mass is 32.1. The highest BCUT2D eigenvalue weighted by molar-refractivity contribution is 7.10. The van der Waals surface area contributed by atoms with E-state index in [-0.39, 0.29) is 17.7 Å². The van der Waals surface area contributed by atoms with E-state index >= 15 is 0 Å². The lowest BCUT2D eigenvalue weighted by Gasteiger charge is -2.19. The lowest BCUT2D eigenvalue weighted by molar-refractivity contribution is 0.0952. The van der Waals surface area contributed by atoms with Crippen LogP contribution in [0.15, 0.2) is 78.4 Å². The van der Waals surface area contributed by atoms with Gasteiger partial charge in [0.2, 0.25) is 0 Å². The molecule has 5 heteroatoms. The van der Waals surface area contributed by atoms with Gasteiger partial charge < -0.3 is 15.3 Å². The number of hydrogen-bond donors (Lipinski definition) is 3. The summed E-state index contributed by atoms with van der Waals surface area (Å²) >= 11 is 1.75. The number of carbonyl (C=O) groups is 1. The summed E-state index contributed by atoms with van der Waals surface area (Å²) in [7, 11) is 0. The monoisotopic (exact) mass is 413 g/mol. The Hall–Kier alpha value is -3.15.